The Morgan fingerprint density at radius 3 is 2.53 bits per heavy atom. The summed E-state index contributed by atoms with van der Waals surface area (Å²) in [5.74, 6) is 1.15. The fraction of sp³-hybridized carbons (Fsp3) is 0. The van der Waals surface area contributed by atoms with Crippen LogP contribution in [0.3, 0.4) is 0 Å². The van der Waals surface area contributed by atoms with E-state index in [1.807, 2.05) is 12.1 Å². The topological polar surface area (TPSA) is 74.2 Å². The van der Waals surface area contributed by atoms with E-state index >= 15 is 0 Å². The zero-order valence-electron chi connectivity index (χ0n) is 8.05. The summed E-state index contributed by atoms with van der Waals surface area (Å²) >= 11 is 0. The number of aromatic nitrogens is 1. The summed E-state index contributed by atoms with van der Waals surface area (Å²) in [5.41, 5.74) is 12.4. The predicted octanol–water partition coefficient (Wildman–Crippen LogP) is 2.04. The number of nitrogens with two attached hydrogens (primary N) is 2. The van der Waals surface area contributed by atoms with E-state index in [9.17, 15) is 0 Å². The van der Waals surface area contributed by atoms with Crippen molar-refractivity contribution in [1.29, 1.82) is 0 Å². The average molecular weight is 201 g/mol. The molecule has 0 bridgehead atoms. The molecule has 2 rings (SSSR count). The Bertz CT molecular complexity index is 454. The number of nitrogens with zero attached hydrogens (tertiary/aromatic N) is 1. The number of hydrogen-bond donors (Lipinski definition) is 2. The first-order chi connectivity index (χ1) is 7.24. The van der Waals surface area contributed by atoms with E-state index in [-0.39, 0.29) is 0 Å². The van der Waals surface area contributed by atoms with E-state index in [1.54, 1.807) is 30.5 Å². The molecule has 1 aromatic carbocycles. The lowest BCUT2D eigenvalue weighted by Crippen LogP contribution is -1.91. The largest absolute Gasteiger partial charge is 0.439 e. The number of benzene rings is 1. The maximum absolute atomic E-state index is 5.62. The Balaban J connectivity index is 2.18. The normalized spacial score (nSPS) is 9.87. The number of ether oxygens (including phenoxy) is 1. The van der Waals surface area contributed by atoms with Gasteiger partial charge in [-0.3, -0.25) is 0 Å². The van der Waals surface area contributed by atoms with Gasteiger partial charge in [0.25, 0.3) is 0 Å². The van der Waals surface area contributed by atoms with E-state index in [0.717, 1.165) is 0 Å². The SMILES string of the molecule is Nc1ccc(Oc2cccc(N)c2)nc1. The van der Waals surface area contributed by atoms with Crippen LogP contribution in [0.2, 0.25) is 0 Å². The molecule has 1 heterocycles. The Hall–Kier alpha value is -2.23. The van der Waals surface area contributed by atoms with Gasteiger partial charge in [0.1, 0.15) is 5.75 Å². The minimum Gasteiger partial charge on any atom is -0.439 e. The Morgan fingerprint density at radius 1 is 1.00 bits per heavy atom. The van der Waals surface area contributed by atoms with Crippen LogP contribution in [0.4, 0.5) is 11.4 Å². The van der Waals surface area contributed by atoms with Gasteiger partial charge in [-0.05, 0) is 18.2 Å². The molecule has 4 heteroatoms. The van der Waals surface area contributed by atoms with Crippen LogP contribution in [0.25, 0.3) is 0 Å². The molecule has 0 amide bonds. The van der Waals surface area contributed by atoms with Gasteiger partial charge >= 0.3 is 0 Å². The number of rotatable bonds is 2. The van der Waals surface area contributed by atoms with Crippen LogP contribution < -0.4 is 16.2 Å². The first-order valence-corrected chi connectivity index (χ1v) is 4.49. The van der Waals surface area contributed by atoms with Crippen LogP contribution in [0.1, 0.15) is 0 Å². The lowest BCUT2D eigenvalue weighted by Gasteiger charge is -2.04. The van der Waals surface area contributed by atoms with Gasteiger partial charge in [-0.15, -0.1) is 0 Å². The molecule has 0 radical (unpaired) electrons. The van der Waals surface area contributed by atoms with Gasteiger partial charge in [0.15, 0.2) is 0 Å². The molecular weight excluding hydrogens is 190 g/mol. The number of hydrogen-bond acceptors (Lipinski definition) is 4. The van der Waals surface area contributed by atoms with Crippen molar-refractivity contribution in [1.82, 2.24) is 4.98 Å². The third-order valence-corrected chi connectivity index (χ3v) is 1.84. The van der Waals surface area contributed by atoms with Crippen LogP contribution in [-0.4, -0.2) is 4.98 Å². The van der Waals surface area contributed by atoms with Crippen molar-refractivity contribution in [3.8, 4) is 11.6 Å². The molecule has 0 aliphatic carbocycles. The first kappa shape index (κ1) is 9.33. The Morgan fingerprint density at radius 2 is 1.87 bits per heavy atom. The third kappa shape index (κ3) is 2.37. The van der Waals surface area contributed by atoms with Crippen molar-refractivity contribution in [2.24, 2.45) is 0 Å². The molecule has 15 heavy (non-hydrogen) atoms. The monoisotopic (exact) mass is 201 g/mol. The summed E-state index contributed by atoms with van der Waals surface area (Å²) in [6.45, 7) is 0. The van der Waals surface area contributed by atoms with E-state index in [0.29, 0.717) is 23.0 Å². The summed E-state index contributed by atoms with van der Waals surface area (Å²) < 4.78 is 5.47. The van der Waals surface area contributed by atoms with Crippen molar-refractivity contribution in [3.63, 3.8) is 0 Å². The van der Waals surface area contributed by atoms with E-state index in [4.69, 9.17) is 16.2 Å². The second-order valence-corrected chi connectivity index (χ2v) is 3.10. The lowest BCUT2D eigenvalue weighted by atomic mass is 10.3. The van der Waals surface area contributed by atoms with Crippen LogP contribution in [0.15, 0.2) is 42.6 Å². The van der Waals surface area contributed by atoms with Crippen LogP contribution in [0.5, 0.6) is 11.6 Å². The van der Waals surface area contributed by atoms with Gasteiger partial charge in [0.05, 0.1) is 11.9 Å². The summed E-state index contributed by atoms with van der Waals surface area (Å²) in [5, 5.41) is 0. The van der Waals surface area contributed by atoms with Gasteiger partial charge in [-0.2, -0.15) is 0 Å². The molecule has 0 atom stereocenters. The predicted molar refractivity (Wildman–Crippen MR) is 59.6 cm³/mol. The molecule has 0 saturated heterocycles. The van der Waals surface area contributed by atoms with Crippen LogP contribution in [-0.2, 0) is 0 Å². The summed E-state index contributed by atoms with van der Waals surface area (Å²) in [6, 6.07) is 10.6. The van der Waals surface area contributed by atoms with Crippen molar-refractivity contribution in [3.05, 3.63) is 42.6 Å². The lowest BCUT2D eigenvalue weighted by molar-refractivity contribution is 0.463. The standard InChI is InChI=1S/C11H11N3O/c12-8-2-1-3-10(6-8)15-11-5-4-9(13)7-14-11/h1-7H,12-13H2. The van der Waals surface area contributed by atoms with Crippen LogP contribution in [0, 0.1) is 0 Å². The zero-order valence-corrected chi connectivity index (χ0v) is 8.05. The highest BCUT2D eigenvalue weighted by atomic mass is 16.5. The Kier molecular flexibility index (Phi) is 2.41. The van der Waals surface area contributed by atoms with E-state index in [2.05, 4.69) is 4.98 Å². The molecule has 4 N–H and O–H groups in total. The molecule has 2 aromatic rings. The molecule has 0 saturated carbocycles. The minimum absolute atomic E-state index is 0.495. The second kappa shape index (κ2) is 3.88. The zero-order chi connectivity index (χ0) is 10.7. The number of nitrogen functional groups attached to an aromatic ring is 2. The molecule has 4 nitrogen and oxygen atoms in total. The van der Waals surface area contributed by atoms with Crippen molar-refractivity contribution < 1.29 is 4.74 Å². The smallest absolute Gasteiger partial charge is 0.219 e. The van der Waals surface area contributed by atoms with E-state index in [1.165, 1.54) is 0 Å². The van der Waals surface area contributed by atoms with Crippen molar-refractivity contribution in [2.75, 3.05) is 11.5 Å². The maximum atomic E-state index is 5.62. The number of pyridine rings is 1. The highest BCUT2D eigenvalue weighted by molar-refractivity contribution is 5.45. The molecule has 0 aliphatic rings. The van der Waals surface area contributed by atoms with Gasteiger partial charge in [-0.1, -0.05) is 6.07 Å². The van der Waals surface area contributed by atoms with Gasteiger partial charge < -0.3 is 16.2 Å². The van der Waals surface area contributed by atoms with E-state index < -0.39 is 0 Å². The summed E-state index contributed by atoms with van der Waals surface area (Å²) in [4.78, 5) is 4.02. The minimum atomic E-state index is 0.495. The molecule has 0 fully saturated rings. The molecular formula is C11H11N3O. The fourth-order valence-corrected chi connectivity index (χ4v) is 1.15. The fourth-order valence-electron chi connectivity index (χ4n) is 1.15. The summed E-state index contributed by atoms with van der Waals surface area (Å²) in [7, 11) is 0. The number of anilines is 2. The van der Waals surface area contributed by atoms with Gasteiger partial charge in [0, 0.05) is 17.8 Å². The highest BCUT2D eigenvalue weighted by Gasteiger charge is 1.98. The van der Waals surface area contributed by atoms with Crippen molar-refractivity contribution in [2.45, 2.75) is 0 Å². The molecule has 0 unspecified atom stereocenters. The van der Waals surface area contributed by atoms with Crippen LogP contribution >= 0.6 is 0 Å². The highest BCUT2D eigenvalue weighted by Crippen LogP contribution is 2.21. The van der Waals surface area contributed by atoms with Crippen molar-refractivity contribution >= 4 is 11.4 Å². The molecule has 76 valence electrons. The molecule has 1 aromatic heterocycles. The maximum Gasteiger partial charge on any atom is 0.219 e. The van der Waals surface area contributed by atoms with Gasteiger partial charge in [-0.25, -0.2) is 4.98 Å². The average Bonchev–Trinajstić information content (AvgIpc) is 2.22. The quantitative estimate of drug-likeness (QED) is 0.729. The Labute approximate surface area is 87.5 Å². The second-order valence-electron chi connectivity index (χ2n) is 3.10. The molecule has 0 aliphatic heterocycles. The third-order valence-electron chi connectivity index (χ3n) is 1.84. The molecule has 0 spiro atoms. The van der Waals surface area contributed by atoms with Gasteiger partial charge in [0.2, 0.25) is 5.88 Å². The summed E-state index contributed by atoms with van der Waals surface area (Å²) in [6.07, 6.45) is 1.54. The first-order valence-electron chi connectivity index (χ1n) is 4.49.